The van der Waals surface area contributed by atoms with E-state index in [1.165, 1.54) is 32.1 Å². The van der Waals surface area contributed by atoms with Crippen molar-refractivity contribution in [3.8, 4) is 0 Å². The maximum absolute atomic E-state index is 12.8. The van der Waals surface area contributed by atoms with Crippen molar-refractivity contribution in [1.29, 1.82) is 0 Å². The molecule has 1 atom stereocenters. The Bertz CT molecular complexity index is 813. The second-order valence-electron chi connectivity index (χ2n) is 9.04. The minimum atomic E-state index is -3.54. The van der Waals surface area contributed by atoms with Crippen LogP contribution in [0.5, 0.6) is 0 Å². The number of carbonyl (C=O) groups excluding carboxylic acids is 1. The Morgan fingerprint density at radius 3 is 2.10 bits per heavy atom. The zero-order valence-corrected chi connectivity index (χ0v) is 19.5. The molecule has 1 saturated carbocycles. The SMILES string of the molecule is CC1(C)OC(=O)[C@@H](CCNc2ccc(S(=O)(=O)NC3CCCCCCCCC3)cc2)O1. The molecule has 0 amide bonds. The number of ether oxygens (including phenoxy) is 2. The molecule has 1 saturated heterocycles. The number of sulfonamides is 1. The van der Waals surface area contributed by atoms with Gasteiger partial charge in [0.1, 0.15) is 0 Å². The Balaban J connectivity index is 1.50. The van der Waals surface area contributed by atoms with Gasteiger partial charge in [-0.25, -0.2) is 17.9 Å². The summed E-state index contributed by atoms with van der Waals surface area (Å²) in [6.07, 6.45) is 10.0. The second kappa shape index (κ2) is 10.8. The molecule has 0 aromatic heterocycles. The first-order chi connectivity index (χ1) is 14.8. The molecule has 2 fully saturated rings. The Kier molecular flexibility index (Phi) is 8.36. The molecule has 0 radical (unpaired) electrons. The number of nitrogens with one attached hydrogen (secondary N) is 2. The van der Waals surface area contributed by atoms with Crippen molar-refractivity contribution in [2.24, 2.45) is 0 Å². The smallest absolute Gasteiger partial charge is 0.337 e. The van der Waals surface area contributed by atoms with Crippen LogP contribution in [0, 0.1) is 0 Å². The first kappa shape index (κ1) is 24.0. The van der Waals surface area contributed by atoms with Crippen LogP contribution >= 0.6 is 0 Å². The number of hydrogen-bond donors (Lipinski definition) is 2. The molecule has 0 bridgehead atoms. The van der Waals surface area contributed by atoms with Crippen LogP contribution in [0.15, 0.2) is 29.2 Å². The van der Waals surface area contributed by atoms with Gasteiger partial charge in [-0.2, -0.15) is 0 Å². The van der Waals surface area contributed by atoms with Gasteiger partial charge in [0, 0.05) is 38.5 Å². The molecular formula is C23H36N2O5S. The quantitative estimate of drug-likeness (QED) is 0.598. The molecule has 0 spiro atoms. The van der Waals surface area contributed by atoms with Crippen LogP contribution in [-0.2, 0) is 24.3 Å². The number of anilines is 1. The van der Waals surface area contributed by atoms with Crippen molar-refractivity contribution in [3.05, 3.63) is 24.3 Å². The van der Waals surface area contributed by atoms with E-state index in [2.05, 4.69) is 10.0 Å². The molecule has 0 unspecified atom stereocenters. The molecule has 174 valence electrons. The van der Waals surface area contributed by atoms with Crippen LogP contribution in [0.2, 0.25) is 0 Å². The largest absolute Gasteiger partial charge is 0.432 e. The maximum Gasteiger partial charge on any atom is 0.337 e. The minimum Gasteiger partial charge on any atom is -0.432 e. The fraction of sp³-hybridized carbons (Fsp3) is 0.696. The van der Waals surface area contributed by atoms with Crippen LogP contribution < -0.4 is 10.0 Å². The summed E-state index contributed by atoms with van der Waals surface area (Å²) in [6.45, 7) is 3.94. The molecule has 1 aliphatic carbocycles. The predicted octanol–water partition coefficient (Wildman–Crippen LogP) is 4.34. The summed E-state index contributed by atoms with van der Waals surface area (Å²) in [5.74, 6) is -1.22. The number of esters is 1. The third-order valence-corrected chi connectivity index (χ3v) is 7.40. The van der Waals surface area contributed by atoms with Gasteiger partial charge < -0.3 is 14.8 Å². The molecule has 2 aliphatic rings. The van der Waals surface area contributed by atoms with Crippen molar-refractivity contribution >= 4 is 21.7 Å². The van der Waals surface area contributed by atoms with Gasteiger partial charge in [-0.15, -0.1) is 0 Å². The summed E-state index contributed by atoms with van der Waals surface area (Å²) in [6, 6.07) is 6.75. The van der Waals surface area contributed by atoms with Gasteiger partial charge in [-0.3, -0.25) is 0 Å². The lowest BCUT2D eigenvalue weighted by Gasteiger charge is -2.20. The highest BCUT2D eigenvalue weighted by atomic mass is 32.2. The average molecular weight is 453 g/mol. The Labute approximate surface area is 186 Å². The molecule has 2 N–H and O–H groups in total. The van der Waals surface area contributed by atoms with Crippen molar-refractivity contribution in [1.82, 2.24) is 4.72 Å². The van der Waals surface area contributed by atoms with E-state index in [9.17, 15) is 13.2 Å². The zero-order chi connectivity index (χ0) is 22.3. The Hall–Kier alpha value is -1.64. The van der Waals surface area contributed by atoms with Gasteiger partial charge >= 0.3 is 5.97 Å². The highest BCUT2D eigenvalue weighted by Crippen LogP contribution is 2.25. The fourth-order valence-corrected chi connectivity index (χ4v) is 5.52. The molecule has 1 aromatic carbocycles. The summed E-state index contributed by atoms with van der Waals surface area (Å²) in [7, 11) is -3.54. The van der Waals surface area contributed by atoms with Crippen molar-refractivity contribution in [3.63, 3.8) is 0 Å². The van der Waals surface area contributed by atoms with Gasteiger partial charge in [-0.1, -0.05) is 44.9 Å². The van der Waals surface area contributed by atoms with Gasteiger partial charge in [0.25, 0.3) is 0 Å². The molecule has 1 aromatic rings. The van der Waals surface area contributed by atoms with E-state index in [1.807, 2.05) is 0 Å². The summed E-state index contributed by atoms with van der Waals surface area (Å²) >= 11 is 0. The van der Waals surface area contributed by atoms with E-state index in [4.69, 9.17) is 9.47 Å². The van der Waals surface area contributed by atoms with E-state index in [1.54, 1.807) is 38.1 Å². The maximum atomic E-state index is 12.8. The molecule has 31 heavy (non-hydrogen) atoms. The highest BCUT2D eigenvalue weighted by Gasteiger charge is 2.40. The number of benzene rings is 1. The third-order valence-electron chi connectivity index (χ3n) is 5.86. The highest BCUT2D eigenvalue weighted by molar-refractivity contribution is 7.89. The molecule has 3 rings (SSSR count). The lowest BCUT2D eigenvalue weighted by atomic mass is 9.98. The van der Waals surface area contributed by atoms with Crippen molar-refractivity contribution in [2.45, 2.75) is 101 Å². The van der Waals surface area contributed by atoms with Crippen LogP contribution in [0.3, 0.4) is 0 Å². The Morgan fingerprint density at radius 2 is 1.55 bits per heavy atom. The average Bonchev–Trinajstić information content (AvgIpc) is 2.98. The predicted molar refractivity (Wildman–Crippen MR) is 120 cm³/mol. The summed E-state index contributed by atoms with van der Waals surface area (Å²) < 4.78 is 39.3. The minimum absolute atomic E-state index is 0.0105. The van der Waals surface area contributed by atoms with Crippen molar-refractivity contribution < 1.29 is 22.7 Å². The first-order valence-corrected chi connectivity index (χ1v) is 13.0. The molecule has 8 heteroatoms. The zero-order valence-electron chi connectivity index (χ0n) is 18.7. The molecule has 1 heterocycles. The fourth-order valence-electron chi connectivity index (χ4n) is 4.21. The standard InChI is InChI=1S/C23H36N2O5S/c1-23(2)29-21(22(26)30-23)16-17-24-18-12-14-20(15-13-18)31(27,28)25-19-10-8-6-4-3-5-7-9-11-19/h12-15,19,21,24-25H,3-11,16-17H2,1-2H3/t21-/m1/s1. The molecule has 7 nitrogen and oxygen atoms in total. The van der Waals surface area contributed by atoms with Crippen molar-refractivity contribution in [2.75, 3.05) is 11.9 Å². The summed E-state index contributed by atoms with van der Waals surface area (Å²) in [4.78, 5) is 12.1. The lowest BCUT2D eigenvalue weighted by Crippen LogP contribution is -2.35. The monoisotopic (exact) mass is 452 g/mol. The Morgan fingerprint density at radius 1 is 0.968 bits per heavy atom. The van der Waals surface area contributed by atoms with E-state index < -0.39 is 21.9 Å². The molecule has 1 aliphatic heterocycles. The summed E-state index contributed by atoms with van der Waals surface area (Å²) in [5, 5.41) is 3.20. The van der Waals surface area contributed by atoms with E-state index in [0.29, 0.717) is 13.0 Å². The van der Waals surface area contributed by atoms with Crippen LogP contribution in [-0.4, -0.2) is 38.9 Å². The first-order valence-electron chi connectivity index (χ1n) is 11.5. The van der Waals surface area contributed by atoms with E-state index in [-0.39, 0.29) is 16.9 Å². The molecular weight excluding hydrogens is 416 g/mol. The normalized spacial score (nSPS) is 23.3. The number of rotatable bonds is 7. The van der Waals surface area contributed by atoms with Gasteiger partial charge in [-0.05, 0) is 37.1 Å². The number of hydrogen-bond acceptors (Lipinski definition) is 6. The number of cyclic esters (lactones) is 1. The van der Waals surface area contributed by atoms with Gasteiger partial charge in [0.2, 0.25) is 15.8 Å². The van der Waals surface area contributed by atoms with Gasteiger partial charge in [0.15, 0.2) is 6.10 Å². The van der Waals surface area contributed by atoms with E-state index >= 15 is 0 Å². The van der Waals surface area contributed by atoms with Crippen LogP contribution in [0.25, 0.3) is 0 Å². The topological polar surface area (TPSA) is 93.7 Å². The third kappa shape index (κ3) is 7.47. The van der Waals surface area contributed by atoms with Gasteiger partial charge in [0.05, 0.1) is 4.90 Å². The lowest BCUT2D eigenvalue weighted by molar-refractivity contribution is -0.160. The van der Waals surface area contributed by atoms with Crippen LogP contribution in [0.4, 0.5) is 5.69 Å². The number of carbonyl (C=O) groups is 1. The second-order valence-corrected chi connectivity index (χ2v) is 10.8. The van der Waals surface area contributed by atoms with Crippen LogP contribution in [0.1, 0.15) is 78.1 Å². The summed E-state index contributed by atoms with van der Waals surface area (Å²) in [5.41, 5.74) is 0.795. The van der Waals surface area contributed by atoms with E-state index in [0.717, 1.165) is 31.4 Å².